The Morgan fingerprint density at radius 2 is 1.59 bits per heavy atom. The second-order valence-corrected chi connectivity index (χ2v) is 7.59. The summed E-state index contributed by atoms with van der Waals surface area (Å²) in [6, 6.07) is 13.4. The predicted octanol–water partition coefficient (Wildman–Crippen LogP) is 2.35. The van der Waals surface area contributed by atoms with E-state index in [0.717, 1.165) is 18.5 Å². The van der Waals surface area contributed by atoms with Crippen molar-refractivity contribution in [3.63, 3.8) is 0 Å². The maximum Gasteiger partial charge on any atom is 0.325 e. The van der Waals surface area contributed by atoms with Crippen molar-refractivity contribution in [3.05, 3.63) is 48.5 Å². The van der Waals surface area contributed by atoms with Crippen LogP contribution in [0.4, 0.5) is 21.0 Å². The molecule has 0 aliphatic carbocycles. The highest BCUT2D eigenvalue weighted by atomic mass is 16.7. The summed E-state index contributed by atoms with van der Waals surface area (Å²) in [4.78, 5) is 38.4. The lowest BCUT2D eigenvalue weighted by atomic mass is 10.1. The fourth-order valence-electron chi connectivity index (χ4n) is 3.62. The van der Waals surface area contributed by atoms with Gasteiger partial charge in [0.15, 0.2) is 11.5 Å². The minimum absolute atomic E-state index is 0.0346. The first-order chi connectivity index (χ1) is 15.5. The molecule has 5 amide bonds. The van der Waals surface area contributed by atoms with E-state index in [4.69, 9.17) is 9.47 Å². The third kappa shape index (κ3) is 5.88. The van der Waals surface area contributed by atoms with Gasteiger partial charge in [0, 0.05) is 36.6 Å². The number of hydrogen-bond donors (Lipinski definition) is 4. The molecule has 2 aromatic rings. The zero-order valence-electron chi connectivity index (χ0n) is 17.4. The van der Waals surface area contributed by atoms with Crippen molar-refractivity contribution in [2.24, 2.45) is 0 Å². The Bertz CT molecular complexity index is 976. The van der Waals surface area contributed by atoms with E-state index >= 15 is 0 Å². The third-order valence-electron chi connectivity index (χ3n) is 5.21. The number of rotatable bonds is 5. The molecule has 2 aliphatic heterocycles. The number of carbonyl (C=O) groups excluding carboxylic acids is 3. The van der Waals surface area contributed by atoms with E-state index in [9.17, 15) is 14.4 Å². The average molecular weight is 439 g/mol. The molecule has 0 bridgehead atoms. The van der Waals surface area contributed by atoms with E-state index in [1.807, 2.05) is 35.2 Å². The van der Waals surface area contributed by atoms with Crippen LogP contribution in [0.2, 0.25) is 0 Å². The number of amides is 5. The van der Waals surface area contributed by atoms with Gasteiger partial charge in [-0.25, -0.2) is 9.59 Å². The zero-order chi connectivity index (χ0) is 22.3. The first kappa shape index (κ1) is 21.4. The minimum atomic E-state index is -0.608. The molecular formula is C22H25N5O5. The molecule has 1 fully saturated rings. The van der Waals surface area contributed by atoms with Crippen molar-refractivity contribution >= 4 is 29.3 Å². The molecule has 0 saturated carbocycles. The van der Waals surface area contributed by atoms with Gasteiger partial charge in [0.05, 0.1) is 6.54 Å². The van der Waals surface area contributed by atoms with Crippen LogP contribution in [0.15, 0.2) is 48.5 Å². The van der Waals surface area contributed by atoms with E-state index in [-0.39, 0.29) is 25.4 Å². The molecule has 0 aromatic heterocycles. The molecule has 2 heterocycles. The van der Waals surface area contributed by atoms with Crippen molar-refractivity contribution in [2.45, 2.75) is 18.9 Å². The van der Waals surface area contributed by atoms with Crippen molar-refractivity contribution < 1.29 is 23.9 Å². The molecule has 4 rings (SSSR count). The standard InChI is InChI=1S/C22H25N5O5/c28-20(26-22(30)25-17-6-7-18-19(12-17)32-14-31-18)13-27-10-8-16(9-11-27)24-21(29)23-15-4-2-1-3-5-15/h1-7,12,16H,8-11,13-14H2,(H2,23,24,29)(H2,25,26,28,30). The molecule has 4 N–H and O–H groups in total. The number of para-hydroxylation sites is 1. The number of carbonyl (C=O) groups is 3. The van der Waals surface area contributed by atoms with Crippen LogP contribution in [0.1, 0.15) is 12.8 Å². The second kappa shape index (κ2) is 10.0. The van der Waals surface area contributed by atoms with Crippen LogP contribution in [0, 0.1) is 0 Å². The minimum Gasteiger partial charge on any atom is -0.454 e. The smallest absolute Gasteiger partial charge is 0.325 e. The Hall–Kier alpha value is -3.79. The molecule has 10 nitrogen and oxygen atoms in total. The highest BCUT2D eigenvalue weighted by molar-refractivity contribution is 6.01. The van der Waals surface area contributed by atoms with Crippen LogP contribution in [-0.4, -0.2) is 55.3 Å². The Morgan fingerprint density at radius 1 is 0.875 bits per heavy atom. The molecule has 168 valence electrons. The van der Waals surface area contributed by atoms with E-state index in [1.165, 1.54) is 0 Å². The van der Waals surface area contributed by atoms with E-state index < -0.39 is 11.9 Å². The summed E-state index contributed by atoms with van der Waals surface area (Å²) in [5, 5.41) is 10.7. The van der Waals surface area contributed by atoms with Crippen molar-refractivity contribution in [3.8, 4) is 11.5 Å². The van der Waals surface area contributed by atoms with Crippen LogP contribution in [0.25, 0.3) is 0 Å². The molecule has 1 saturated heterocycles. The Labute approximate surface area is 185 Å². The Balaban J connectivity index is 1.15. The number of imide groups is 1. The van der Waals surface area contributed by atoms with Gasteiger partial charge in [-0.1, -0.05) is 18.2 Å². The van der Waals surface area contributed by atoms with Gasteiger partial charge >= 0.3 is 12.1 Å². The molecule has 0 unspecified atom stereocenters. The first-order valence-corrected chi connectivity index (χ1v) is 10.4. The predicted molar refractivity (Wildman–Crippen MR) is 118 cm³/mol. The maximum absolute atomic E-state index is 12.2. The summed E-state index contributed by atoms with van der Waals surface area (Å²) < 4.78 is 10.5. The number of benzene rings is 2. The summed E-state index contributed by atoms with van der Waals surface area (Å²) >= 11 is 0. The molecule has 2 aliphatic rings. The van der Waals surface area contributed by atoms with Gasteiger partial charge in [-0.3, -0.25) is 15.0 Å². The number of ether oxygens (including phenoxy) is 2. The molecular weight excluding hydrogens is 414 g/mol. The topological polar surface area (TPSA) is 121 Å². The summed E-state index contributed by atoms with van der Waals surface area (Å²) in [6.45, 7) is 1.55. The lowest BCUT2D eigenvalue weighted by molar-refractivity contribution is -0.121. The molecule has 32 heavy (non-hydrogen) atoms. The van der Waals surface area contributed by atoms with Gasteiger partial charge in [-0.05, 0) is 37.1 Å². The lowest BCUT2D eigenvalue weighted by Gasteiger charge is -2.31. The monoisotopic (exact) mass is 439 g/mol. The highest BCUT2D eigenvalue weighted by Crippen LogP contribution is 2.34. The number of nitrogens with zero attached hydrogens (tertiary/aromatic N) is 1. The summed E-state index contributed by atoms with van der Waals surface area (Å²) in [5.41, 5.74) is 1.23. The highest BCUT2D eigenvalue weighted by Gasteiger charge is 2.23. The second-order valence-electron chi connectivity index (χ2n) is 7.59. The maximum atomic E-state index is 12.2. The fraction of sp³-hybridized carbons (Fsp3) is 0.318. The van der Waals surface area contributed by atoms with Gasteiger partial charge in [-0.2, -0.15) is 0 Å². The Kier molecular flexibility index (Phi) is 6.71. The van der Waals surface area contributed by atoms with Gasteiger partial charge < -0.3 is 25.4 Å². The summed E-state index contributed by atoms with van der Waals surface area (Å²) in [6.07, 6.45) is 1.44. The van der Waals surface area contributed by atoms with Crippen molar-refractivity contribution in [1.29, 1.82) is 0 Å². The van der Waals surface area contributed by atoms with Gasteiger partial charge in [-0.15, -0.1) is 0 Å². The number of nitrogens with one attached hydrogen (secondary N) is 4. The fourth-order valence-corrected chi connectivity index (χ4v) is 3.62. The SMILES string of the molecule is O=C(CN1CCC(NC(=O)Nc2ccccc2)CC1)NC(=O)Nc1ccc2c(c1)OCO2. The molecule has 0 spiro atoms. The summed E-state index contributed by atoms with van der Waals surface area (Å²) in [5.74, 6) is 0.766. The van der Waals surface area contributed by atoms with Crippen LogP contribution in [0.3, 0.4) is 0 Å². The largest absolute Gasteiger partial charge is 0.454 e. The first-order valence-electron chi connectivity index (χ1n) is 10.4. The van der Waals surface area contributed by atoms with Crippen molar-refractivity contribution in [2.75, 3.05) is 37.1 Å². The molecule has 0 radical (unpaired) electrons. The molecule has 10 heteroatoms. The van der Waals surface area contributed by atoms with Crippen LogP contribution < -0.4 is 30.7 Å². The van der Waals surface area contributed by atoms with Gasteiger partial charge in [0.1, 0.15) is 0 Å². The summed E-state index contributed by atoms with van der Waals surface area (Å²) in [7, 11) is 0. The van der Waals surface area contributed by atoms with Gasteiger partial charge in [0.25, 0.3) is 0 Å². The van der Waals surface area contributed by atoms with Crippen LogP contribution in [0.5, 0.6) is 11.5 Å². The van der Waals surface area contributed by atoms with Crippen LogP contribution in [-0.2, 0) is 4.79 Å². The number of urea groups is 2. The number of hydrogen-bond acceptors (Lipinski definition) is 6. The number of anilines is 2. The Morgan fingerprint density at radius 3 is 2.38 bits per heavy atom. The van der Waals surface area contributed by atoms with Crippen LogP contribution >= 0.6 is 0 Å². The number of likely N-dealkylation sites (tertiary alicyclic amines) is 1. The normalized spacial score (nSPS) is 15.6. The molecule has 2 aromatic carbocycles. The number of piperidine rings is 1. The van der Waals surface area contributed by atoms with E-state index in [1.54, 1.807) is 18.2 Å². The number of fused-ring (bicyclic) bond motifs is 1. The zero-order valence-corrected chi connectivity index (χ0v) is 17.4. The average Bonchev–Trinajstić information content (AvgIpc) is 3.23. The lowest BCUT2D eigenvalue weighted by Crippen LogP contribution is -2.49. The van der Waals surface area contributed by atoms with E-state index in [2.05, 4.69) is 21.3 Å². The van der Waals surface area contributed by atoms with Gasteiger partial charge in [0.2, 0.25) is 12.7 Å². The molecule has 0 atom stereocenters. The third-order valence-corrected chi connectivity index (χ3v) is 5.21. The van der Waals surface area contributed by atoms with Crippen molar-refractivity contribution in [1.82, 2.24) is 15.5 Å². The quantitative estimate of drug-likeness (QED) is 0.568. The van der Waals surface area contributed by atoms with E-state index in [0.29, 0.717) is 30.3 Å².